The molecule has 9 aromatic rings. The molecule has 10 rings (SSSR count). The highest BCUT2D eigenvalue weighted by atomic mass is 16.3. The van der Waals surface area contributed by atoms with Crippen LogP contribution < -0.4 is 0 Å². The molecule has 0 saturated heterocycles. The Hall–Kier alpha value is -5.74. The first-order valence-corrected chi connectivity index (χ1v) is 15.4. The maximum absolute atomic E-state index is 6.47. The zero-order valence-electron chi connectivity index (χ0n) is 24.9. The van der Waals surface area contributed by atoms with Gasteiger partial charge in [-0.3, -0.25) is 4.57 Å². The first kappa shape index (κ1) is 24.7. The molecule has 0 amide bonds. The van der Waals surface area contributed by atoms with Gasteiger partial charge in [0.05, 0.1) is 22.1 Å². The van der Waals surface area contributed by atoms with Gasteiger partial charge in [0.1, 0.15) is 5.58 Å². The predicted octanol–water partition coefficient (Wildman–Crippen LogP) is 10.6. The van der Waals surface area contributed by atoms with E-state index in [-0.39, 0.29) is 5.41 Å². The minimum absolute atomic E-state index is 0.244. The minimum atomic E-state index is -0.244. The lowest BCUT2D eigenvalue weighted by atomic mass is 9.80. The van der Waals surface area contributed by atoms with Gasteiger partial charge in [-0.05, 0) is 45.2 Å². The average Bonchev–Trinajstić information content (AvgIpc) is 3.71. The van der Waals surface area contributed by atoms with E-state index in [0.717, 1.165) is 38.6 Å². The molecule has 0 spiro atoms. The lowest BCUT2D eigenvalue weighted by Crippen LogP contribution is -2.17. The summed E-state index contributed by atoms with van der Waals surface area (Å²) in [6, 6.07) is 44.9. The summed E-state index contributed by atoms with van der Waals surface area (Å²) in [7, 11) is 0. The van der Waals surface area contributed by atoms with Crippen molar-refractivity contribution in [1.82, 2.24) is 14.5 Å². The molecule has 0 atom stereocenters. The fraction of sp³-hybridized carbons (Fsp3) is 0.0732. The van der Waals surface area contributed by atoms with Crippen molar-refractivity contribution in [3.8, 4) is 28.3 Å². The highest BCUT2D eigenvalue weighted by Gasteiger charge is 2.40. The number of aromatic nitrogens is 3. The number of benzene rings is 6. The van der Waals surface area contributed by atoms with E-state index in [4.69, 9.17) is 14.4 Å². The number of hydrogen-bond acceptors (Lipinski definition) is 3. The number of fused-ring (bicyclic) bond motifs is 13. The van der Waals surface area contributed by atoms with Crippen LogP contribution in [0.5, 0.6) is 0 Å². The molecule has 6 aromatic carbocycles. The van der Waals surface area contributed by atoms with E-state index >= 15 is 0 Å². The summed E-state index contributed by atoms with van der Waals surface area (Å²) in [4.78, 5) is 10.7. The predicted molar refractivity (Wildman–Crippen MR) is 184 cm³/mol. The van der Waals surface area contributed by atoms with Gasteiger partial charge in [-0.25, -0.2) is 4.98 Å². The molecule has 4 nitrogen and oxygen atoms in total. The molecule has 0 fully saturated rings. The minimum Gasteiger partial charge on any atom is -0.437 e. The number of furan rings is 1. The van der Waals surface area contributed by atoms with Crippen LogP contribution in [0.25, 0.3) is 83.0 Å². The summed E-state index contributed by atoms with van der Waals surface area (Å²) < 4.78 is 8.76. The van der Waals surface area contributed by atoms with Crippen molar-refractivity contribution in [2.24, 2.45) is 0 Å². The van der Waals surface area contributed by atoms with Crippen molar-refractivity contribution >= 4 is 54.6 Å². The van der Waals surface area contributed by atoms with Crippen LogP contribution in [0.15, 0.2) is 132 Å². The Labute approximate surface area is 259 Å². The third-order valence-corrected chi connectivity index (χ3v) is 9.80. The highest BCUT2D eigenvalue weighted by molar-refractivity contribution is 6.27. The van der Waals surface area contributed by atoms with Gasteiger partial charge in [0.25, 0.3) is 0 Å². The molecule has 1 aliphatic rings. The summed E-state index contributed by atoms with van der Waals surface area (Å²) in [5.74, 6) is 0.607. The van der Waals surface area contributed by atoms with E-state index < -0.39 is 0 Å². The first-order chi connectivity index (χ1) is 22.1. The molecular weight excluding hydrogens is 550 g/mol. The van der Waals surface area contributed by atoms with Crippen LogP contribution in [-0.2, 0) is 5.41 Å². The maximum atomic E-state index is 6.47. The molecule has 45 heavy (non-hydrogen) atoms. The van der Waals surface area contributed by atoms with Crippen molar-refractivity contribution in [2.75, 3.05) is 0 Å². The normalized spacial score (nSPS) is 13.7. The summed E-state index contributed by atoms with van der Waals surface area (Å²) in [6.45, 7) is 4.71. The molecule has 0 bridgehead atoms. The van der Waals surface area contributed by atoms with Gasteiger partial charge in [0.15, 0.2) is 0 Å². The summed E-state index contributed by atoms with van der Waals surface area (Å²) >= 11 is 0. The fourth-order valence-corrected chi connectivity index (χ4v) is 7.92. The van der Waals surface area contributed by atoms with Crippen molar-refractivity contribution in [3.05, 3.63) is 139 Å². The monoisotopic (exact) mass is 577 g/mol. The lowest BCUT2D eigenvalue weighted by Gasteiger charge is -2.24. The van der Waals surface area contributed by atoms with E-state index in [2.05, 4.69) is 122 Å². The Kier molecular flexibility index (Phi) is 4.76. The quantitative estimate of drug-likeness (QED) is 0.205. The largest absolute Gasteiger partial charge is 0.437 e. The molecule has 0 radical (unpaired) electrons. The van der Waals surface area contributed by atoms with Crippen LogP contribution in [0.1, 0.15) is 25.0 Å². The van der Waals surface area contributed by atoms with Crippen molar-refractivity contribution in [2.45, 2.75) is 19.3 Å². The van der Waals surface area contributed by atoms with Gasteiger partial charge in [0.2, 0.25) is 11.7 Å². The molecule has 0 aliphatic heterocycles. The third kappa shape index (κ3) is 3.16. The lowest BCUT2D eigenvalue weighted by molar-refractivity contribution is 0.650. The van der Waals surface area contributed by atoms with Crippen molar-refractivity contribution < 1.29 is 4.42 Å². The van der Waals surface area contributed by atoms with Crippen LogP contribution >= 0.6 is 0 Å². The van der Waals surface area contributed by atoms with E-state index in [9.17, 15) is 0 Å². The number of rotatable bonds is 2. The Bertz CT molecular complexity index is 2680. The van der Waals surface area contributed by atoms with E-state index in [1.54, 1.807) is 0 Å². The van der Waals surface area contributed by atoms with Gasteiger partial charge in [0, 0.05) is 27.1 Å². The summed E-state index contributed by atoms with van der Waals surface area (Å²) in [6.07, 6.45) is 0. The molecule has 212 valence electrons. The Morgan fingerprint density at radius 3 is 2.11 bits per heavy atom. The highest BCUT2D eigenvalue weighted by Crippen LogP contribution is 2.56. The smallest absolute Gasteiger partial charge is 0.238 e. The van der Waals surface area contributed by atoms with Gasteiger partial charge in [-0.1, -0.05) is 129 Å². The van der Waals surface area contributed by atoms with Crippen LogP contribution in [0.2, 0.25) is 0 Å². The van der Waals surface area contributed by atoms with E-state index in [1.807, 2.05) is 24.3 Å². The zero-order chi connectivity index (χ0) is 29.9. The van der Waals surface area contributed by atoms with Crippen LogP contribution in [-0.4, -0.2) is 14.5 Å². The first-order valence-electron chi connectivity index (χ1n) is 15.4. The molecular formula is C41H27N3O. The second-order valence-electron chi connectivity index (χ2n) is 12.6. The van der Waals surface area contributed by atoms with Crippen molar-refractivity contribution in [3.63, 3.8) is 0 Å². The van der Waals surface area contributed by atoms with Crippen LogP contribution in [0.4, 0.5) is 0 Å². The second kappa shape index (κ2) is 8.67. The van der Waals surface area contributed by atoms with Crippen molar-refractivity contribution in [1.29, 1.82) is 0 Å². The Morgan fingerprint density at radius 1 is 0.600 bits per heavy atom. The summed E-state index contributed by atoms with van der Waals surface area (Å²) in [5.41, 5.74) is 10.5. The number of para-hydroxylation sites is 2. The average molecular weight is 578 g/mol. The summed E-state index contributed by atoms with van der Waals surface area (Å²) in [5, 5.41) is 6.89. The second-order valence-corrected chi connectivity index (χ2v) is 12.6. The number of hydrogen-bond donors (Lipinski definition) is 0. The van der Waals surface area contributed by atoms with Gasteiger partial charge in [-0.15, -0.1) is 0 Å². The zero-order valence-corrected chi connectivity index (χ0v) is 24.9. The molecule has 0 N–H and O–H groups in total. The molecule has 3 aromatic heterocycles. The van der Waals surface area contributed by atoms with Crippen LogP contribution in [0.3, 0.4) is 0 Å². The fourth-order valence-electron chi connectivity index (χ4n) is 7.92. The van der Waals surface area contributed by atoms with E-state index in [0.29, 0.717) is 11.7 Å². The maximum Gasteiger partial charge on any atom is 0.238 e. The Balaban J connectivity index is 1.44. The van der Waals surface area contributed by atoms with Crippen LogP contribution in [0, 0.1) is 0 Å². The van der Waals surface area contributed by atoms with Gasteiger partial charge in [-0.2, -0.15) is 4.98 Å². The molecule has 1 aliphatic carbocycles. The molecule has 3 heterocycles. The molecule has 0 saturated carbocycles. The van der Waals surface area contributed by atoms with Gasteiger partial charge < -0.3 is 4.42 Å². The molecule has 4 heteroatoms. The van der Waals surface area contributed by atoms with Gasteiger partial charge >= 0.3 is 0 Å². The third-order valence-electron chi connectivity index (χ3n) is 9.80. The topological polar surface area (TPSA) is 43.9 Å². The Morgan fingerprint density at radius 2 is 1.27 bits per heavy atom. The SMILES string of the molecule is CC1(C)c2ccccc2-c2c1c1c(c3ccccc23)c2ccccc2n1-c1nc(-c2ccccc2)c2c(n1)oc1ccccc12. The van der Waals surface area contributed by atoms with E-state index in [1.165, 1.54) is 43.8 Å². The number of nitrogens with zero attached hydrogens (tertiary/aromatic N) is 3. The molecule has 0 unspecified atom stereocenters. The standard InChI is InChI=1S/C41H27N3O/c1-41(2)30-21-11-8-18-27(30)33-25-16-6-7-17-26(25)34-28-19-9-12-22-31(28)44(38(34)36(33)41)40-42-37(24-14-4-3-5-15-24)35-29-20-10-13-23-32(29)45-39(35)43-40/h3-23H,1-2H3.